The van der Waals surface area contributed by atoms with E-state index in [1.807, 2.05) is 0 Å². The van der Waals surface area contributed by atoms with Crippen molar-refractivity contribution in [3.05, 3.63) is 12.2 Å². The van der Waals surface area contributed by atoms with Gasteiger partial charge >= 0.3 is 5.97 Å². The van der Waals surface area contributed by atoms with Crippen LogP contribution in [0.1, 0.15) is 126 Å². The van der Waals surface area contributed by atoms with Crippen LogP contribution in [0.2, 0.25) is 0 Å². The number of allylic oxidation sites excluding steroid dienone is 1. The van der Waals surface area contributed by atoms with Crippen LogP contribution in [0.4, 0.5) is 0 Å². The molecule has 2 spiro atoms. The molecule has 5 saturated carbocycles. The zero-order chi connectivity index (χ0) is 25.6. The van der Waals surface area contributed by atoms with Gasteiger partial charge in [0.2, 0.25) is 0 Å². The fraction of sp³-hybridized carbons (Fsp3) is 0.909. The van der Waals surface area contributed by atoms with Crippen molar-refractivity contribution in [3.8, 4) is 0 Å². The Labute approximate surface area is 216 Å². The first-order chi connectivity index (χ1) is 16.3. The van der Waals surface area contributed by atoms with Gasteiger partial charge in [-0.1, -0.05) is 60.6 Å². The third-order valence-electron chi connectivity index (χ3n) is 13.7. The summed E-state index contributed by atoms with van der Waals surface area (Å²) < 4.78 is 6.28. The Morgan fingerprint density at radius 3 is 2.34 bits per heavy atom. The summed E-state index contributed by atoms with van der Waals surface area (Å²) >= 11 is 0. The van der Waals surface area contributed by atoms with Crippen LogP contribution >= 0.6 is 0 Å². The summed E-state index contributed by atoms with van der Waals surface area (Å²) in [6.45, 7) is 23.8. The summed E-state index contributed by atoms with van der Waals surface area (Å²) in [6, 6.07) is 0. The molecule has 0 aromatic heterocycles. The van der Waals surface area contributed by atoms with Crippen molar-refractivity contribution in [2.24, 2.45) is 56.7 Å². The van der Waals surface area contributed by atoms with E-state index in [1.54, 1.807) is 6.92 Å². The lowest BCUT2D eigenvalue weighted by Gasteiger charge is -2.63. The number of carbonyl (C=O) groups is 1. The van der Waals surface area contributed by atoms with Crippen LogP contribution in [0.15, 0.2) is 12.2 Å². The van der Waals surface area contributed by atoms with E-state index in [0.717, 1.165) is 30.1 Å². The molecule has 0 bridgehead atoms. The van der Waals surface area contributed by atoms with E-state index in [4.69, 9.17) is 4.74 Å². The van der Waals surface area contributed by atoms with Gasteiger partial charge in [-0.05, 0) is 122 Å². The predicted molar refractivity (Wildman–Crippen MR) is 145 cm³/mol. The lowest BCUT2D eigenvalue weighted by molar-refractivity contribution is -0.180. The molecule has 0 aromatic carbocycles. The number of hydrogen-bond acceptors (Lipinski definition) is 2. The molecule has 0 saturated heterocycles. The van der Waals surface area contributed by atoms with Crippen molar-refractivity contribution in [1.29, 1.82) is 0 Å². The molecule has 9 unspecified atom stereocenters. The molecule has 5 fully saturated rings. The Morgan fingerprint density at radius 1 is 0.971 bits per heavy atom. The predicted octanol–water partition coefficient (Wildman–Crippen LogP) is 8.99. The average molecular weight is 483 g/mol. The van der Waals surface area contributed by atoms with E-state index in [9.17, 15) is 4.79 Å². The molecule has 5 aliphatic rings. The average Bonchev–Trinajstić information content (AvgIpc) is 3.02. The normalized spacial score (nSPS) is 48.3. The van der Waals surface area contributed by atoms with Gasteiger partial charge in [0.1, 0.15) is 6.10 Å². The summed E-state index contributed by atoms with van der Waals surface area (Å²) in [4.78, 5) is 12.3. The molecule has 2 nitrogen and oxygen atoms in total. The highest BCUT2D eigenvalue weighted by Crippen LogP contribution is 2.96. The molecule has 35 heavy (non-hydrogen) atoms. The van der Waals surface area contributed by atoms with Crippen LogP contribution < -0.4 is 0 Å². The monoisotopic (exact) mass is 482 g/mol. The second-order valence-electron chi connectivity index (χ2n) is 15.2. The van der Waals surface area contributed by atoms with Gasteiger partial charge in [-0.25, -0.2) is 0 Å². The smallest absolute Gasteiger partial charge is 0.302 e. The van der Waals surface area contributed by atoms with Gasteiger partial charge in [0.05, 0.1) is 0 Å². The first kappa shape index (κ1) is 25.8. The SMILES string of the molecule is C=C(CCC(C)C1CCC2(C)CCC34C(C)(CCC5CCCC(OC(C)=O)C53C4(C)C)C12)C(C)C. The van der Waals surface area contributed by atoms with Crippen LogP contribution in [0, 0.1) is 56.7 Å². The highest BCUT2D eigenvalue weighted by Gasteiger charge is 2.94. The minimum absolute atomic E-state index is 0.0615. The largest absolute Gasteiger partial charge is 0.462 e. The second-order valence-corrected chi connectivity index (χ2v) is 15.2. The van der Waals surface area contributed by atoms with Crippen molar-refractivity contribution in [1.82, 2.24) is 0 Å². The molecule has 0 aliphatic heterocycles. The van der Waals surface area contributed by atoms with Crippen LogP contribution in [-0.2, 0) is 9.53 Å². The lowest BCUT2D eigenvalue weighted by atomic mass is 9.42. The Balaban J connectivity index is 1.53. The van der Waals surface area contributed by atoms with E-state index in [0.29, 0.717) is 22.2 Å². The number of esters is 1. The molecule has 0 radical (unpaired) electrons. The van der Waals surface area contributed by atoms with Crippen LogP contribution in [0.3, 0.4) is 0 Å². The number of rotatable bonds is 6. The zero-order valence-corrected chi connectivity index (χ0v) is 24.3. The van der Waals surface area contributed by atoms with E-state index in [1.165, 1.54) is 69.8 Å². The summed E-state index contributed by atoms with van der Waals surface area (Å²) in [6.07, 6.45) is 14.5. The van der Waals surface area contributed by atoms with E-state index < -0.39 is 0 Å². The van der Waals surface area contributed by atoms with Gasteiger partial charge in [-0.2, -0.15) is 0 Å². The third kappa shape index (κ3) is 3.04. The molecule has 9 atom stereocenters. The molecule has 2 heteroatoms. The topological polar surface area (TPSA) is 26.3 Å². The van der Waals surface area contributed by atoms with Crippen molar-refractivity contribution in [3.63, 3.8) is 0 Å². The van der Waals surface area contributed by atoms with Gasteiger partial charge in [0.25, 0.3) is 0 Å². The molecule has 5 aliphatic carbocycles. The summed E-state index contributed by atoms with van der Waals surface area (Å²) in [5, 5.41) is 0. The first-order valence-electron chi connectivity index (χ1n) is 15.1. The molecule has 0 amide bonds. The van der Waals surface area contributed by atoms with Gasteiger partial charge in [-0.15, -0.1) is 0 Å². The Hall–Kier alpha value is -0.790. The Bertz CT molecular complexity index is 886. The molecular weight excluding hydrogens is 428 g/mol. The van der Waals surface area contributed by atoms with E-state index >= 15 is 0 Å². The number of fused-ring (bicyclic) bond motifs is 2. The van der Waals surface area contributed by atoms with Gasteiger partial charge < -0.3 is 4.74 Å². The number of ether oxygens (including phenoxy) is 1. The van der Waals surface area contributed by atoms with Gasteiger partial charge in [0, 0.05) is 12.3 Å². The van der Waals surface area contributed by atoms with Crippen LogP contribution in [0.25, 0.3) is 0 Å². The van der Waals surface area contributed by atoms with Crippen LogP contribution in [-0.4, -0.2) is 12.1 Å². The molecule has 0 aromatic rings. The zero-order valence-electron chi connectivity index (χ0n) is 24.3. The highest BCUT2D eigenvalue weighted by molar-refractivity contribution is 5.66. The van der Waals surface area contributed by atoms with Crippen molar-refractivity contribution >= 4 is 5.97 Å². The van der Waals surface area contributed by atoms with Gasteiger partial charge in [-0.3, -0.25) is 4.79 Å². The minimum atomic E-state index is -0.0615. The molecule has 5 rings (SSSR count). The minimum Gasteiger partial charge on any atom is -0.462 e. The van der Waals surface area contributed by atoms with E-state index in [2.05, 4.69) is 55.0 Å². The molecular formula is C33H54O2. The van der Waals surface area contributed by atoms with Crippen molar-refractivity contribution < 1.29 is 9.53 Å². The number of carbonyl (C=O) groups excluding carboxylic acids is 1. The summed E-state index contributed by atoms with van der Waals surface area (Å²) in [5.74, 6) is 3.65. The van der Waals surface area contributed by atoms with Crippen LogP contribution in [0.5, 0.6) is 0 Å². The molecule has 0 N–H and O–H groups in total. The quantitative estimate of drug-likeness (QED) is 0.279. The fourth-order valence-electron chi connectivity index (χ4n) is 12.5. The highest BCUT2D eigenvalue weighted by atomic mass is 16.5. The third-order valence-corrected chi connectivity index (χ3v) is 13.7. The Morgan fingerprint density at radius 2 is 1.69 bits per heavy atom. The standard InChI is InChI=1S/C33H54O2/c1-21(2)22(3)13-14-23(4)26-16-17-30(8)19-20-32-29(6,7)33(32)25(15-18-31(32,9)28(26)30)11-10-12-27(33)35-24(5)34/h21,23,25-28H,3,10-20H2,1-2,4-9H3. The molecule has 0 heterocycles. The number of hydrogen-bond donors (Lipinski definition) is 0. The summed E-state index contributed by atoms with van der Waals surface area (Å²) in [5.41, 5.74) is 3.02. The van der Waals surface area contributed by atoms with Crippen molar-refractivity contribution in [2.75, 3.05) is 0 Å². The second kappa shape index (κ2) is 8.10. The van der Waals surface area contributed by atoms with Crippen molar-refractivity contribution in [2.45, 2.75) is 132 Å². The lowest BCUT2D eigenvalue weighted by Crippen LogP contribution is -2.58. The Kier molecular flexibility index (Phi) is 5.98. The maximum absolute atomic E-state index is 12.3. The van der Waals surface area contributed by atoms with E-state index in [-0.39, 0.29) is 22.9 Å². The summed E-state index contributed by atoms with van der Waals surface area (Å²) in [7, 11) is 0. The molecule has 198 valence electrons. The fourth-order valence-corrected chi connectivity index (χ4v) is 12.5. The maximum Gasteiger partial charge on any atom is 0.302 e. The maximum atomic E-state index is 12.3. The first-order valence-corrected chi connectivity index (χ1v) is 15.1. The van der Waals surface area contributed by atoms with Gasteiger partial charge in [0.15, 0.2) is 0 Å².